The first-order valence-corrected chi connectivity index (χ1v) is 12.3. The van der Waals surface area contributed by atoms with Crippen LogP contribution in [0, 0.1) is 12.8 Å². The molecule has 9 nitrogen and oxygen atoms in total. The standard InChI is InChI=1S/C26H27F3N6O3/c1-17-14-22(25-31-24(33-38-25)20-3-5-21(6-4-20)37-26(27,28)29)32-35(17)16-19-2-7-23(30-15-19)34-11-8-18(9-12-34)10-13-36/h2-7,14-15,18,36H,8-13,16H2,1H3. The van der Waals surface area contributed by atoms with E-state index in [1.807, 2.05) is 36.0 Å². The van der Waals surface area contributed by atoms with Gasteiger partial charge in [0.25, 0.3) is 5.89 Å². The fourth-order valence-corrected chi connectivity index (χ4v) is 4.53. The maximum Gasteiger partial charge on any atom is 0.573 e. The average Bonchev–Trinajstić information content (AvgIpc) is 3.52. The molecule has 1 N–H and O–H groups in total. The molecule has 1 saturated heterocycles. The third-order valence-corrected chi connectivity index (χ3v) is 6.59. The van der Waals surface area contributed by atoms with Crippen molar-refractivity contribution < 1.29 is 27.5 Å². The van der Waals surface area contributed by atoms with Gasteiger partial charge in [0, 0.05) is 37.2 Å². The first-order chi connectivity index (χ1) is 18.3. The Kier molecular flexibility index (Phi) is 7.32. The van der Waals surface area contributed by atoms with Crippen molar-refractivity contribution in [1.29, 1.82) is 0 Å². The number of aliphatic hydroxyl groups excluding tert-OH is 1. The second kappa shape index (κ2) is 10.8. The van der Waals surface area contributed by atoms with E-state index in [1.165, 1.54) is 24.3 Å². The molecule has 12 heteroatoms. The van der Waals surface area contributed by atoms with Gasteiger partial charge in [-0.3, -0.25) is 4.68 Å². The second-order valence-corrected chi connectivity index (χ2v) is 9.29. The number of benzene rings is 1. The minimum absolute atomic E-state index is 0.204. The normalized spacial score (nSPS) is 14.7. The molecule has 0 saturated carbocycles. The molecule has 5 rings (SSSR count). The Morgan fingerprint density at radius 3 is 2.53 bits per heavy atom. The molecule has 0 spiro atoms. The molecule has 200 valence electrons. The van der Waals surface area contributed by atoms with E-state index in [1.54, 1.807) is 0 Å². The van der Waals surface area contributed by atoms with Gasteiger partial charge in [0.1, 0.15) is 11.6 Å². The number of aromatic nitrogens is 5. The number of hydrogen-bond acceptors (Lipinski definition) is 8. The lowest BCUT2D eigenvalue weighted by Crippen LogP contribution is -2.34. The molecule has 3 aromatic heterocycles. The molecule has 4 heterocycles. The van der Waals surface area contributed by atoms with Crippen molar-refractivity contribution >= 4 is 5.82 Å². The van der Waals surface area contributed by atoms with Crippen molar-refractivity contribution in [3.63, 3.8) is 0 Å². The van der Waals surface area contributed by atoms with Crippen LogP contribution >= 0.6 is 0 Å². The van der Waals surface area contributed by atoms with Crippen LogP contribution in [0.15, 0.2) is 53.2 Å². The number of anilines is 1. The zero-order valence-electron chi connectivity index (χ0n) is 20.7. The monoisotopic (exact) mass is 528 g/mol. The summed E-state index contributed by atoms with van der Waals surface area (Å²) in [7, 11) is 0. The highest BCUT2D eigenvalue weighted by molar-refractivity contribution is 5.59. The van der Waals surface area contributed by atoms with Gasteiger partial charge in [-0.1, -0.05) is 11.2 Å². The Morgan fingerprint density at radius 2 is 1.87 bits per heavy atom. The largest absolute Gasteiger partial charge is 0.573 e. The van der Waals surface area contributed by atoms with E-state index in [0.29, 0.717) is 23.7 Å². The summed E-state index contributed by atoms with van der Waals surface area (Å²) in [5, 5.41) is 17.7. The highest BCUT2D eigenvalue weighted by Crippen LogP contribution is 2.27. The molecule has 1 fully saturated rings. The third-order valence-electron chi connectivity index (χ3n) is 6.59. The summed E-state index contributed by atoms with van der Waals surface area (Å²) in [5.41, 5.74) is 2.86. The average molecular weight is 529 g/mol. The maximum atomic E-state index is 12.4. The van der Waals surface area contributed by atoms with E-state index in [9.17, 15) is 13.2 Å². The summed E-state index contributed by atoms with van der Waals surface area (Å²) in [6.45, 7) is 4.56. The number of hydrogen-bond donors (Lipinski definition) is 1. The summed E-state index contributed by atoms with van der Waals surface area (Å²) < 4.78 is 48.2. The predicted molar refractivity (Wildman–Crippen MR) is 132 cm³/mol. The van der Waals surface area contributed by atoms with Gasteiger partial charge in [-0.2, -0.15) is 10.1 Å². The molecule has 0 bridgehead atoms. The number of aryl methyl sites for hydroxylation is 1. The van der Waals surface area contributed by atoms with E-state index < -0.39 is 6.36 Å². The number of piperidine rings is 1. The number of alkyl halides is 3. The smallest absolute Gasteiger partial charge is 0.406 e. The molecular weight excluding hydrogens is 501 g/mol. The first-order valence-electron chi connectivity index (χ1n) is 12.3. The van der Waals surface area contributed by atoms with Crippen molar-refractivity contribution in [2.75, 3.05) is 24.6 Å². The quantitative estimate of drug-likeness (QED) is 0.346. The molecule has 0 aliphatic carbocycles. The van der Waals surface area contributed by atoms with Crippen molar-refractivity contribution in [3.8, 4) is 28.7 Å². The Hall–Kier alpha value is -3.93. The summed E-state index contributed by atoms with van der Waals surface area (Å²) in [4.78, 5) is 11.3. The fourth-order valence-electron chi connectivity index (χ4n) is 4.53. The van der Waals surface area contributed by atoms with Gasteiger partial charge in [0.2, 0.25) is 5.82 Å². The highest BCUT2D eigenvalue weighted by Gasteiger charge is 2.31. The second-order valence-electron chi connectivity index (χ2n) is 9.29. The SMILES string of the molecule is Cc1cc(-c2nc(-c3ccc(OC(F)(F)F)cc3)no2)nn1Cc1ccc(N2CCC(CCO)CC2)nc1. The van der Waals surface area contributed by atoms with E-state index in [-0.39, 0.29) is 24.1 Å². The number of aliphatic hydroxyl groups is 1. The molecule has 38 heavy (non-hydrogen) atoms. The zero-order chi connectivity index (χ0) is 26.7. The van der Waals surface area contributed by atoms with Crippen molar-refractivity contribution in [2.24, 2.45) is 5.92 Å². The molecule has 1 aromatic carbocycles. The number of halogens is 3. The van der Waals surface area contributed by atoms with Crippen LogP contribution in [-0.4, -0.2) is 56.1 Å². The van der Waals surface area contributed by atoms with Gasteiger partial charge >= 0.3 is 6.36 Å². The summed E-state index contributed by atoms with van der Waals surface area (Å²) in [6, 6.07) is 11.1. The van der Waals surface area contributed by atoms with Gasteiger partial charge in [0.15, 0.2) is 5.69 Å². The molecule has 0 radical (unpaired) electrons. The number of pyridine rings is 1. The zero-order valence-corrected chi connectivity index (χ0v) is 20.7. The van der Waals surface area contributed by atoms with Crippen LogP contribution in [0.1, 0.15) is 30.5 Å². The molecule has 0 amide bonds. The molecule has 4 aromatic rings. The topological polar surface area (TPSA) is 102 Å². The van der Waals surface area contributed by atoms with E-state index in [2.05, 4.69) is 29.9 Å². The molecular formula is C26H27F3N6O3. The van der Waals surface area contributed by atoms with E-state index in [4.69, 9.17) is 9.63 Å². The minimum Gasteiger partial charge on any atom is -0.406 e. The molecule has 0 atom stereocenters. The minimum atomic E-state index is -4.76. The molecule has 0 unspecified atom stereocenters. The van der Waals surface area contributed by atoms with Crippen LogP contribution in [0.4, 0.5) is 19.0 Å². The lowest BCUT2D eigenvalue weighted by atomic mass is 9.94. The van der Waals surface area contributed by atoms with Crippen LogP contribution in [0.25, 0.3) is 23.0 Å². The molecule has 1 aliphatic heterocycles. The summed E-state index contributed by atoms with van der Waals surface area (Å²) >= 11 is 0. The van der Waals surface area contributed by atoms with Crippen LogP contribution in [-0.2, 0) is 6.54 Å². The Bertz CT molecular complexity index is 1340. The van der Waals surface area contributed by atoms with Gasteiger partial charge in [-0.15, -0.1) is 13.2 Å². The van der Waals surface area contributed by atoms with Crippen molar-refractivity contribution in [3.05, 3.63) is 59.9 Å². The summed E-state index contributed by atoms with van der Waals surface area (Å²) in [6.07, 6.45) is 0.0912. The number of ether oxygens (including phenoxy) is 1. The number of rotatable bonds is 8. The Morgan fingerprint density at radius 1 is 1.11 bits per heavy atom. The lowest BCUT2D eigenvalue weighted by molar-refractivity contribution is -0.274. The fraction of sp³-hybridized carbons (Fsp3) is 0.385. The van der Waals surface area contributed by atoms with Gasteiger partial charge < -0.3 is 19.3 Å². The first kappa shape index (κ1) is 25.7. The van der Waals surface area contributed by atoms with Crippen molar-refractivity contribution in [2.45, 2.75) is 39.1 Å². The Labute approximate surface area is 216 Å². The molecule has 1 aliphatic rings. The van der Waals surface area contributed by atoms with E-state index >= 15 is 0 Å². The van der Waals surface area contributed by atoms with Gasteiger partial charge in [-0.05, 0) is 74.1 Å². The van der Waals surface area contributed by atoms with Crippen LogP contribution in [0.5, 0.6) is 5.75 Å². The van der Waals surface area contributed by atoms with E-state index in [0.717, 1.165) is 49.4 Å². The van der Waals surface area contributed by atoms with Crippen LogP contribution in [0.2, 0.25) is 0 Å². The van der Waals surface area contributed by atoms with Gasteiger partial charge in [0.05, 0.1) is 6.54 Å². The maximum absolute atomic E-state index is 12.4. The predicted octanol–water partition coefficient (Wildman–Crippen LogP) is 4.85. The van der Waals surface area contributed by atoms with Crippen LogP contribution in [0.3, 0.4) is 0 Å². The van der Waals surface area contributed by atoms with Crippen molar-refractivity contribution in [1.82, 2.24) is 24.9 Å². The Balaban J connectivity index is 1.23. The van der Waals surface area contributed by atoms with Gasteiger partial charge in [-0.25, -0.2) is 4.98 Å². The lowest BCUT2D eigenvalue weighted by Gasteiger charge is -2.32. The number of nitrogens with zero attached hydrogens (tertiary/aromatic N) is 6. The summed E-state index contributed by atoms with van der Waals surface area (Å²) in [5.74, 6) is 1.64. The third kappa shape index (κ3) is 6.13. The highest BCUT2D eigenvalue weighted by atomic mass is 19.4. The van der Waals surface area contributed by atoms with Crippen LogP contribution < -0.4 is 9.64 Å².